The number of hydrogen-bond acceptors (Lipinski definition) is 2. The van der Waals surface area contributed by atoms with Crippen molar-refractivity contribution in [2.24, 2.45) is 0 Å². The van der Waals surface area contributed by atoms with E-state index in [0.29, 0.717) is 12.0 Å². The molecule has 3 nitrogen and oxygen atoms in total. The Hall–Kier alpha value is -0.990. The highest BCUT2D eigenvalue weighted by Crippen LogP contribution is 2.30. The van der Waals surface area contributed by atoms with Gasteiger partial charge in [0.15, 0.2) is 0 Å². The fraction of sp³-hybridized carbons (Fsp3) is 0.750. The quantitative estimate of drug-likeness (QED) is 0.809. The third-order valence-electron chi connectivity index (χ3n) is 3.29. The van der Waals surface area contributed by atoms with Gasteiger partial charge in [0.25, 0.3) is 0 Å². The zero-order valence-corrected chi connectivity index (χ0v) is 9.74. The Bertz CT molecular complexity index is 322. The van der Waals surface area contributed by atoms with Gasteiger partial charge in [-0.1, -0.05) is 33.1 Å². The molecule has 0 unspecified atom stereocenters. The van der Waals surface area contributed by atoms with E-state index in [0.717, 1.165) is 11.4 Å². The first kappa shape index (κ1) is 10.5. The van der Waals surface area contributed by atoms with Crippen molar-refractivity contribution < 1.29 is 0 Å². The predicted molar refractivity (Wildman–Crippen MR) is 62.9 cm³/mol. The molecule has 1 aromatic heterocycles. The van der Waals surface area contributed by atoms with Gasteiger partial charge in [-0.3, -0.25) is 4.68 Å². The van der Waals surface area contributed by atoms with E-state index in [1.165, 1.54) is 32.1 Å². The molecular formula is C12H21N3. The summed E-state index contributed by atoms with van der Waals surface area (Å²) >= 11 is 0. The van der Waals surface area contributed by atoms with E-state index in [1.54, 1.807) is 0 Å². The van der Waals surface area contributed by atoms with Gasteiger partial charge in [-0.05, 0) is 18.8 Å². The molecule has 0 saturated heterocycles. The average Bonchev–Trinajstić information content (AvgIpc) is 2.62. The first-order valence-electron chi connectivity index (χ1n) is 6.03. The Morgan fingerprint density at radius 1 is 1.33 bits per heavy atom. The number of nitrogens with zero attached hydrogens (tertiary/aromatic N) is 2. The molecule has 15 heavy (non-hydrogen) atoms. The minimum atomic E-state index is 0.426. The summed E-state index contributed by atoms with van der Waals surface area (Å²) in [6.45, 7) is 4.29. The number of aromatic nitrogens is 2. The molecule has 1 saturated carbocycles. The van der Waals surface area contributed by atoms with E-state index in [9.17, 15) is 0 Å². The second-order valence-electron chi connectivity index (χ2n) is 4.90. The lowest BCUT2D eigenvalue weighted by Crippen LogP contribution is -2.13. The largest absolute Gasteiger partial charge is 0.396 e. The molecule has 1 fully saturated rings. The molecule has 2 rings (SSSR count). The molecule has 2 N–H and O–H groups in total. The Kier molecular flexibility index (Phi) is 2.98. The van der Waals surface area contributed by atoms with E-state index >= 15 is 0 Å². The summed E-state index contributed by atoms with van der Waals surface area (Å²) in [6.07, 6.45) is 8.59. The highest BCUT2D eigenvalue weighted by molar-refractivity contribution is 5.42. The van der Waals surface area contributed by atoms with Crippen LogP contribution in [0.15, 0.2) is 6.20 Å². The van der Waals surface area contributed by atoms with Crippen LogP contribution in [0.4, 0.5) is 5.69 Å². The van der Waals surface area contributed by atoms with Crippen LogP contribution in [0.1, 0.15) is 63.6 Å². The summed E-state index contributed by atoms with van der Waals surface area (Å²) in [4.78, 5) is 0. The summed E-state index contributed by atoms with van der Waals surface area (Å²) in [5.41, 5.74) is 7.88. The molecule has 0 spiro atoms. The number of anilines is 1. The van der Waals surface area contributed by atoms with Crippen molar-refractivity contribution in [3.63, 3.8) is 0 Å². The Labute approximate surface area is 91.7 Å². The highest BCUT2D eigenvalue weighted by atomic mass is 15.3. The van der Waals surface area contributed by atoms with Gasteiger partial charge in [-0.25, -0.2) is 0 Å². The topological polar surface area (TPSA) is 43.8 Å². The molecule has 84 valence electrons. The van der Waals surface area contributed by atoms with Gasteiger partial charge in [-0.15, -0.1) is 0 Å². The molecule has 1 aliphatic rings. The van der Waals surface area contributed by atoms with Gasteiger partial charge in [0, 0.05) is 6.20 Å². The lowest BCUT2D eigenvalue weighted by atomic mass is 9.96. The minimum Gasteiger partial charge on any atom is -0.396 e. The van der Waals surface area contributed by atoms with Crippen LogP contribution < -0.4 is 5.73 Å². The molecule has 1 heterocycles. The first-order chi connectivity index (χ1) is 7.18. The van der Waals surface area contributed by atoms with Crippen molar-refractivity contribution in [1.82, 2.24) is 9.78 Å². The Morgan fingerprint density at radius 2 is 2.00 bits per heavy atom. The first-order valence-corrected chi connectivity index (χ1v) is 6.03. The smallest absolute Gasteiger partial charge is 0.0879 e. The van der Waals surface area contributed by atoms with Crippen molar-refractivity contribution in [3.05, 3.63) is 11.9 Å². The van der Waals surface area contributed by atoms with Crippen LogP contribution in [0, 0.1) is 0 Å². The number of nitrogens with two attached hydrogens (primary N) is 1. The summed E-state index contributed by atoms with van der Waals surface area (Å²) in [5.74, 6) is 0.426. The zero-order valence-electron chi connectivity index (χ0n) is 9.74. The van der Waals surface area contributed by atoms with Crippen molar-refractivity contribution in [3.8, 4) is 0 Å². The SMILES string of the molecule is CC(C)c1nn(C2CCCCC2)cc1N. The minimum absolute atomic E-state index is 0.426. The standard InChI is InChI=1S/C12H21N3/c1-9(2)12-11(13)8-15(14-12)10-6-4-3-5-7-10/h8-10H,3-7,13H2,1-2H3. The van der Waals surface area contributed by atoms with Crippen LogP contribution in [-0.4, -0.2) is 9.78 Å². The zero-order chi connectivity index (χ0) is 10.8. The summed E-state index contributed by atoms with van der Waals surface area (Å²) in [5, 5.41) is 4.62. The van der Waals surface area contributed by atoms with Gasteiger partial charge in [0.1, 0.15) is 0 Å². The van der Waals surface area contributed by atoms with Crippen molar-refractivity contribution in [2.45, 2.75) is 57.9 Å². The Balaban J connectivity index is 2.17. The molecule has 0 radical (unpaired) electrons. The highest BCUT2D eigenvalue weighted by Gasteiger charge is 2.18. The Morgan fingerprint density at radius 3 is 2.53 bits per heavy atom. The van der Waals surface area contributed by atoms with Crippen LogP contribution in [0.2, 0.25) is 0 Å². The molecule has 3 heteroatoms. The molecule has 0 bridgehead atoms. The third-order valence-corrected chi connectivity index (χ3v) is 3.29. The van der Waals surface area contributed by atoms with Gasteiger partial charge >= 0.3 is 0 Å². The molecule has 0 amide bonds. The van der Waals surface area contributed by atoms with Gasteiger partial charge in [0.05, 0.1) is 17.4 Å². The van der Waals surface area contributed by atoms with E-state index in [4.69, 9.17) is 5.73 Å². The predicted octanol–water partition coefficient (Wildman–Crippen LogP) is 3.09. The van der Waals surface area contributed by atoms with E-state index < -0.39 is 0 Å². The lowest BCUT2D eigenvalue weighted by Gasteiger charge is -2.21. The van der Waals surface area contributed by atoms with Gasteiger partial charge in [-0.2, -0.15) is 5.10 Å². The monoisotopic (exact) mass is 207 g/mol. The van der Waals surface area contributed by atoms with Crippen molar-refractivity contribution in [1.29, 1.82) is 0 Å². The maximum absolute atomic E-state index is 5.97. The molecule has 0 aliphatic heterocycles. The molecule has 1 aliphatic carbocycles. The fourth-order valence-corrected chi connectivity index (χ4v) is 2.40. The summed E-state index contributed by atoms with van der Waals surface area (Å²) in [7, 11) is 0. The van der Waals surface area contributed by atoms with Crippen LogP contribution in [0.3, 0.4) is 0 Å². The van der Waals surface area contributed by atoms with Crippen molar-refractivity contribution >= 4 is 5.69 Å². The van der Waals surface area contributed by atoms with E-state index in [1.807, 2.05) is 6.20 Å². The van der Waals surface area contributed by atoms with E-state index in [-0.39, 0.29) is 0 Å². The lowest BCUT2D eigenvalue weighted by molar-refractivity contribution is 0.327. The van der Waals surface area contributed by atoms with Gasteiger partial charge in [0.2, 0.25) is 0 Å². The third kappa shape index (κ3) is 2.16. The van der Waals surface area contributed by atoms with E-state index in [2.05, 4.69) is 23.6 Å². The maximum Gasteiger partial charge on any atom is 0.0879 e. The number of hydrogen-bond donors (Lipinski definition) is 1. The second kappa shape index (κ2) is 4.25. The second-order valence-corrected chi connectivity index (χ2v) is 4.90. The summed E-state index contributed by atoms with van der Waals surface area (Å²) in [6, 6.07) is 0.591. The normalized spacial score (nSPS) is 18.6. The van der Waals surface area contributed by atoms with Crippen molar-refractivity contribution in [2.75, 3.05) is 5.73 Å². The number of nitrogen functional groups attached to an aromatic ring is 1. The molecule has 1 aromatic rings. The van der Waals surface area contributed by atoms with Gasteiger partial charge < -0.3 is 5.73 Å². The van der Waals surface area contributed by atoms with Crippen LogP contribution in [0.5, 0.6) is 0 Å². The average molecular weight is 207 g/mol. The van der Waals surface area contributed by atoms with Crippen LogP contribution in [0.25, 0.3) is 0 Å². The number of rotatable bonds is 2. The van der Waals surface area contributed by atoms with Crippen LogP contribution >= 0.6 is 0 Å². The van der Waals surface area contributed by atoms with Crippen LogP contribution in [-0.2, 0) is 0 Å². The maximum atomic E-state index is 5.97. The molecular weight excluding hydrogens is 186 g/mol. The fourth-order valence-electron chi connectivity index (χ4n) is 2.40. The summed E-state index contributed by atoms with van der Waals surface area (Å²) < 4.78 is 2.10. The molecule has 0 atom stereocenters. The molecule has 0 aromatic carbocycles.